The van der Waals surface area contributed by atoms with Gasteiger partial charge in [0.05, 0.1) is 7.11 Å². The number of halogens is 1. The van der Waals surface area contributed by atoms with Gasteiger partial charge in [0.2, 0.25) is 0 Å². The lowest BCUT2D eigenvalue weighted by atomic mass is 9.89. The largest absolute Gasteiger partial charge is 0.494 e. The molecule has 0 fully saturated rings. The van der Waals surface area contributed by atoms with Crippen molar-refractivity contribution in [2.24, 2.45) is 11.8 Å². The molecule has 0 aliphatic rings. The van der Waals surface area contributed by atoms with Gasteiger partial charge in [-0.1, -0.05) is 32.8 Å². The second-order valence-electron chi connectivity index (χ2n) is 4.11. The lowest BCUT2D eigenvalue weighted by molar-refractivity contribution is 0.342. The second-order valence-corrected chi connectivity index (χ2v) is 4.11. The molecule has 0 aromatic heterocycles. The number of hydrazine groups is 1. The van der Waals surface area contributed by atoms with Gasteiger partial charge >= 0.3 is 0 Å². The summed E-state index contributed by atoms with van der Waals surface area (Å²) in [6.07, 6.45) is 2.00. The van der Waals surface area contributed by atoms with Crippen molar-refractivity contribution in [2.75, 3.05) is 7.11 Å². The third-order valence-electron chi connectivity index (χ3n) is 3.23. The van der Waals surface area contributed by atoms with E-state index in [0.717, 1.165) is 18.4 Å². The van der Waals surface area contributed by atoms with Crippen LogP contribution in [0.25, 0.3) is 0 Å². The maximum Gasteiger partial charge on any atom is 0.165 e. The van der Waals surface area contributed by atoms with Crippen molar-refractivity contribution in [3.05, 3.63) is 29.6 Å². The first-order valence-electron chi connectivity index (χ1n) is 5.97. The zero-order valence-electron chi connectivity index (χ0n) is 10.7. The Morgan fingerprint density at radius 1 is 1.35 bits per heavy atom. The third kappa shape index (κ3) is 3.17. The van der Waals surface area contributed by atoms with Crippen molar-refractivity contribution < 1.29 is 9.13 Å². The van der Waals surface area contributed by atoms with Crippen molar-refractivity contribution in [1.29, 1.82) is 0 Å². The summed E-state index contributed by atoms with van der Waals surface area (Å²) in [6, 6.07) is 4.95. The van der Waals surface area contributed by atoms with Crippen LogP contribution in [0.15, 0.2) is 18.2 Å². The van der Waals surface area contributed by atoms with Gasteiger partial charge in [-0.15, -0.1) is 0 Å². The van der Waals surface area contributed by atoms with Gasteiger partial charge in [0.15, 0.2) is 11.6 Å². The van der Waals surface area contributed by atoms with Crippen LogP contribution in [-0.4, -0.2) is 7.11 Å². The molecule has 0 radical (unpaired) electrons. The van der Waals surface area contributed by atoms with Crippen LogP contribution in [0.4, 0.5) is 4.39 Å². The number of nitrogens with one attached hydrogen (secondary N) is 1. The number of hydrogen-bond acceptors (Lipinski definition) is 3. The molecule has 0 saturated heterocycles. The molecule has 0 spiro atoms. The molecule has 3 N–H and O–H groups in total. The molecule has 1 aromatic carbocycles. The van der Waals surface area contributed by atoms with Crippen molar-refractivity contribution >= 4 is 0 Å². The quantitative estimate of drug-likeness (QED) is 0.593. The Morgan fingerprint density at radius 2 is 2.00 bits per heavy atom. The molecule has 0 heterocycles. The molecule has 0 aliphatic heterocycles. The summed E-state index contributed by atoms with van der Waals surface area (Å²) in [5.74, 6) is 5.88. The molecule has 4 heteroatoms. The van der Waals surface area contributed by atoms with E-state index in [-0.39, 0.29) is 17.6 Å². The highest BCUT2D eigenvalue weighted by atomic mass is 19.1. The van der Waals surface area contributed by atoms with E-state index >= 15 is 0 Å². The number of rotatable bonds is 6. The number of nitrogens with two attached hydrogens (primary N) is 1. The van der Waals surface area contributed by atoms with Crippen molar-refractivity contribution in [3.8, 4) is 5.75 Å². The summed E-state index contributed by atoms with van der Waals surface area (Å²) < 4.78 is 18.5. The van der Waals surface area contributed by atoms with Crippen molar-refractivity contribution in [1.82, 2.24) is 5.43 Å². The zero-order valence-corrected chi connectivity index (χ0v) is 10.7. The average Bonchev–Trinajstić information content (AvgIpc) is 2.35. The molecule has 1 unspecified atom stereocenters. The van der Waals surface area contributed by atoms with Crippen LogP contribution in [0, 0.1) is 11.7 Å². The van der Waals surface area contributed by atoms with Gasteiger partial charge in [0, 0.05) is 6.04 Å². The lowest BCUT2D eigenvalue weighted by Crippen LogP contribution is -2.33. The van der Waals surface area contributed by atoms with Crippen molar-refractivity contribution in [3.63, 3.8) is 0 Å². The van der Waals surface area contributed by atoms with Crippen LogP contribution in [0.5, 0.6) is 5.75 Å². The van der Waals surface area contributed by atoms with E-state index in [1.807, 2.05) is 6.07 Å². The van der Waals surface area contributed by atoms with E-state index < -0.39 is 0 Å². The number of ether oxygens (including phenoxy) is 1. The molecule has 1 aromatic rings. The van der Waals surface area contributed by atoms with E-state index in [9.17, 15) is 4.39 Å². The Morgan fingerprint density at radius 3 is 2.41 bits per heavy atom. The van der Waals surface area contributed by atoms with Crippen LogP contribution in [0.1, 0.15) is 38.3 Å². The summed E-state index contributed by atoms with van der Waals surface area (Å²) in [5.41, 5.74) is 3.64. The van der Waals surface area contributed by atoms with E-state index in [1.165, 1.54) is 13.2 Å². The van der Waals surface area contributed by atoms with E-state index in [0.29, 0.717) is 5.92 Å². The fourth-order valence-corrected chi connectivity index (χ4v) is 2.14. The standard InChI is InChI=1S/C13H21FN2O/c1-4-9(5-2)13(16-15)10-6-7-12(17-3)11(14)8-10/h6-9,13,16H,4-5,15H2,1-3H3. The summed E-state index contributed by atoms with van der Waals surface area (Å²) in [4.78, 5) is 0. The van der Waals surface area contributed by atoms with Gasteiger partial charge in [0.25, 0.3) is 0 Å². The minimum Gasteiger partial charge on any atom is -0.494 e. The lowest BCUT2D eigenvalue weighted by Gasteiger charge is -2.25. The van der Waals surface area contributed by atoms with Gasteiger partial charge in [-0.2, -0.15) is 0 Å². The van der Waals surface area contributed by atoms with Gasteiger partial charge < -0.3 is 4.74 Å². The fourth-order valence-electron chi connectivity index (χ4n) is 2.14. The molecular formula is C13H21FN2O. The maximum absolute atomic E-state index is 13.6. The first kappa shape index (κ1) is 13.9. The van der Waals surface area contributed by atoms with Crippen LogP contribution >= 0.6 is 0 Å². The van der Waals surface area contributed by atoms with Crippen LogP contribution in [-0.2, 0) is 0 Å². The summed E-state index contributed by atoms with van der Waals surface area (Å²) in [5, 5.41) is 0. The summed E-state index contributed by atoms with van der Waals surface area (Å²) in [7, 11) is 1.46. The van der Waals surface area contributed by atoms with Gasteiger partial charge in [-0.25, -0.2) is 4.39 Å². The minimum absolute atomic E-state index is 0.0228. The third-order valence-corrected chi connectivity index (χ3v) is 3.23. The average molecular weight is 240 g/mol. The number of benzene rings is 1. The van der Waals surface area contributed by atoms with Gasteiger partial charge in [-0.05, 0) is 23.6 Å². The van der Waals surface area contributed by atoms with Gasteiger partial charge in [-0.3, -0.25) is 11.3 Å². The van der Waals surface area contributed by atoms with Crippen LogP contribution < -0.4 is 16.0 Å². The van der Waals surface area contributed by atoms with E-state index in [1.54, 1.807) is 6.07 Å². The highest BCUT2D eigenvalue weighted by molar-refractivity contribution is 5.31. The van der Waals surface area contributed by atoms with E-state index in [2.05, 4.69) is 19.3 Å². The predicted octanol–water partition coefficient (Wildman–Crippen LogP) is 2.77. The van der Waals surface area contributed by atoms with Crippen molar-refractivity contribution in [2.45, 2.75) is 32.7 Å². The Hall–Kier alpha value is -1.13. The normalized spacial score (nSPS) is 12.8. The number of hydrogen-bond donors (Lipinski definition) is 2. The topological polar surface area (TPSA) is 47.3 Å². The Kier molecular flexibility index (Phi) is 5.38. The molecule has 0 bridgehead atoms. The van der Waals surface area contributed by atoms with E-state index in [4.69, 9.17) is 10.6 Å². The fraction of sp³-hybridized carbons (Fsp3) is 0.538. The summed E-state index contributed by atoms with van der Waals surface area (Å²) >= 11 is 0. The van der Waals surface area contributed by atoms with Crippen LogP contribution in [0.3, 0.4) is 0 Å². The Balaban J connectivity index is 3.00. The van der Waals surface area contributed by atoms with Crippen LogP contribution in [0.2, 0.25) is 0 Å². The number of methoxy groups -OCH3 is 1. The highest BCUT2D eigenvalue weighted by Crippen LogP contribution is 2.29. The maximum atomic E-state index is 13.6. The first-order chi connectivity index (χ1) is 8.17. The molecule has 3 nitrogen and oxygen atoms in total. The second kappa shape index (κ2) is 6.57. The molecular weight excluding hydrogens is 219 g/mol. The molecule has 1 rings (SSSR count). The molecule has 96 valence electrons. The monoisotopic (exact) mass is 240 g/mol. The SMILES string of the molecule is CCC(CC)C(NN)c1ccc(OC)c(F)c1. The summed E-state index contributed by atoms with van der Waals surface area (Å²) in [6.45, 7) is 4.22. The highest BCUT2D eigenvalue weighted by Gasteiger charge is 2.20. The first-order valence-corrected chi connectivity index (χ1v) is 5.97. The molecule has 0 saturated carbocycles. The van der Waals surface area contributed by atoms with Gasteiger partial charge in [0.1, 0.15) is 0 Å². The molecule has 1 atom stereocenters. The zero-order chi connectivity index (χ0) is 12.8. The smallest absolute Gasteiger partial charge is 0.165 e. The molecule has 0 amide bonds. The molecule has 17 heavy (non-hydrogen) atoms. The molecule has 0 aliphatic carbocycles. The Bertz CT molecular complexity index is 353. The predicted molar refractivity (Wildman–Crippen MR) is 67.1 cm³/mol. The Labute approximate surface area is 102 Å². The minimum atomic E-state index is -0.351.